The van der Waals surface area contributed by atoms with Crippen molar-refractivity contribution in [3.63, 3.8) is 0 Å². The number of nitrogens with one attached hydrogen (secondary N) is 1. The van der Waals surface area contributed by atoms with E-state index in [1.165, 1.54) is 37.5 Å². The van der Waals surface area contributed by atoms with E-state index >= 15 is 0 Å². The number of ether oxygens (including phenoxy) is 2. The third kappa shape index (κ3) is 4.52. The van der Waals surface area contributed by atoms with Crippen molar-refractivity contribution >= 4 is 58.5 Å². The lowest BCUT2D eigenvalue weighted by atomic mass is 10.1. The summed E-state index contributed by atoms with van der Waals surface area (Å²) in [5.41, 5.74) is 0.624. The Labute approximate surface area is 188 Å². The zero-order chi connectivity index (χ0) is 22.7. The number of carboxylic acids is 1. The summed E-state index contributed by atoms with van der Waals surface area (Å²) >= 11 is 11.4. The number of methoxy groups -OCH3 is 1. The molecule has 1 aliphatic rings. The van der Waals surface area contributed by atoms with Gasteiger partial charge in [-0.3, -0.25) is 19.8 Å². The summed E-state index contributed by atoms with van der Waals surface area (Å²) < 4.78 is 10.8. The monoisotopic (exact) mass is 460 g/mol. The molecule has 8 nitrogen and oxygen atoms in total. The first kappa shape index (κ1) is 22.3. The molecule has 2 amide bonds. The number of amides is 2. The molecule has 0 atom stereocenters. The van der Waals surface area contributed by atoms with E-state index < -0.39 is 17.8 Å². The van der Waals surface area contributed by atoms with Gasteiger partial charge in [-0.2, -0.15) is 0 Å². The van der Waals surface area contributed by atoms with E-state index in [4.69, 9.17) is 38.4 Å². The molecule has 3 rings (SSSR count). The predicted octanol–water partition coefficient (Wildman–Crippen LogP) is 3.28. The zero-order valence-corrected chi connectivity index (χ0v) is 18.0. The molecule has 0 radical (unpaired) electrons. The van der Waals surface area contributed by atoms with Crippen molar-refractivity contribution in [2.75, 3.05) is 18.6 Å². The number of anilines is 1. The Morgan fingerprint density at radius 2 is 1.94 bits per heavy atom. The summed E-state index contributed by atoms with van der Waals surface area (Å²) in [5.74, 6) is -1.73. The van der Waals surface area contributed by atoms with Crippen LogP contribution in [-0.4, -0.2) is 41.7 Å². The summed E-state index contributed by atoms with van der Waals surface area (Å²) in [4.78, 5) is 37.7. The summed E-state index contributed by atoms with van der Waals surface area (Å²) in [5, 5.41) is 11.7. The average molecular weight is 461 g/mol. The Hall–Kier alpha value is -3.43. The topological polar surface area (TPSA) is 105 Å². The minimum absolute atomic E-state index is 0.0510. The van der Waals surface area contributed by atoms with Crippen LogP contribution in [0.3, 0.4) is 0 Å². The highest BCUT2D eigenvalue weighted by Gasteiger charge is 2.34. The molecule has 160 valence electrons. The number of halogens is 1. The highest BCUT2D eigenvalue weighted by Crippen LogP contribution is 2.37. The molecule has 1 fully saturated rings. The standard InChI is InChI=1S/C21H17ClN2O6S/c1-3-30-17-15(22)9-11(10-16(17)29-2)8-14-18(25)23-21(31)24(19(14)26)13-6-4-12(5-7-13)20(27)28/h4-10H,3H2,1-2H3,(H,27,28)(H,23,25,31)/b14-8+. The lowest BCUT2D eigenvalue weighted by Crippen LogP contribution is -2.54. The van der Waals surface area contributed by atoms with Gasteiger partial charge < -0.3 is 14.6 Å². The molecule has 1 saturated heterocycles. The Morgan fingerprint density at radius 3 is 2.52 bits per heavy atom. The maximum atomic E-state index is 13.1. The summed E-state index contributed by atoms with van der Waals surface area (Å²) in [6, 6.07) is 8.67. The van der Waals surface area contributed by atoms with Gasteiger partial charge in [-0.05, 0) is 67.2 Å². The van der Waals surface area contributed by atoms with E-state index in [-0.39, 0.29) is 21.3 Å². The molecule has 1 aliphatic heterocycles. The summed E-state index contributed by atoms with van der Waals surface area (Å²) in [6.07, 6.45) is 1.36. The van der Waals surface area contributed by atoms with Crippen molar-refractivity contribution < 1.29 is 29.0 Å². The average Bonchev–Trinajstić information content (AvgIpc) is 2.73. The van der Waals surface area contributed by atoms with Crippen LogP contribution < -0.4 is 19.7 Å². The molecule has 1 heterocycles. The molecule has 2 N–H and O–H groups in total. The molecular weight excluding hydrogens is 444 g/mol. The van der Waals surface area contributed by atoms with E-state index in [1.54, 1.807) is 19.1 Å². The highest BCUT2D eigenvalue weighted by molar-refractivity contribution is 7.80. The van der Waals surface area contributed by atoms with Crippen LogP contribution in [0.2, 0.25) is 5.02 Å². The van der Waals surface area contributed by atoms with Crippen molar-refractivity contribution in [2.24, 2.45) is 0 Å². The van der Waals surface area contributed by atoms with Gasteiger partial charge in [0.2, 0.25) is 0 Å². The van der Waals surface area contributed by atoms with Crippen molar-refractivity contribution in [1.29, 1.82) is 0 Å². The normalized spacial score (nSPS) is 15.1. The van der Waals surface area contributed by atoms with Gasteiger partial charge in [0.1, 0.15) is 5.57 Å². The highest BCUT2D eigenvalue weighted by atomic mass is 35.5. The van der Waals surface area contributed by atoms with Crippen LogP contribution in [0.25, 0.3) is 6.08 Å². The van der Waals surface area contributed by atoms with Gasteiger partial charge in [-0.15, -0.1) is 0 Å². The van der Waals surface area contributed by atoms with Gasteiger partial charge in [0, 0.05) is 0 Å². The molecule has 0 aromatic heterocycles. The molecule has 0 saturated carbocycles. The minimum Gasteiger partial charge on any atom is -0.493 e. The van der Waals surface area contributed by atoms with E-state index in [0.29, 0.717) is 29.4 Å². The van der Waals surface area contributed by atoms with E-state index in [9.17, 15) is 14.4 Å². The largest absolute Gasteiger partial charge is 0.493 e. The first-order valence-corrected chi connectivity index (χ1v) is 9.80. The van der Waals surface area contributed by atoms with Crippen molar-refractivity contribution in [1.82, 2.24) is 5.32 Å². The van der Waals surface area contributed by atoms with Crippen LogP contribution in [0.15, 0.2) is 42.0 Å². The Bertz CT molecular complexity index is 1110. The van der Waals surface area contributed by atoms with Crippen molar-refractivity contribution in [3.05, 3.63) is 58.1 Å². The zero-order valence-electron chi connectivity index (χ0n) is 16.5. The summed E-state index contributed by atoms with van der Waals surface area (Å²) in [7, 11) is 1.45. The number of carbonyl (C=O) groups excluding carboxylic acids is 2. The molecule has 2 aromatic rings. The fraction of sp³-hybridized carbons (Fsp3) is 0.143. The van der Waals surface area contributed by atoms with Crippen LogP contribution >= 0.6 is 23.8 Å². The number of thiocarbonyl (C=S) groups is 1. The van der Waals surface area contributed by atoms with Crippen LogP contribution in [0.4, 0.5) is 5.69 Å². The molecule has 0 bridgehead atoms. The minimum atomic E-state index is -1.10. The Kier molecular flexibility index (Phi) is 6.57. The third-order valence-corrected chi connectivity index (χ3v) is 4.89. The van der Waals surface area contributed by atoms with Crippen LogP contribution in [0, 0.1) is 0 Å². The number of carbonyl (C=O) groups is 3. The van der Waals surface area contributed by atoms with E-state index in [0.717, 1.165) is 4.90 Å². The van der Waals surface area contributed by atoms with Gasteiger partial charge in [-0.1, -0.05) is 11.6 Å². The fourth-order valence-corrected chi connectivity index (χ4v) is 3.47. The number of benzene rings is 2. The lowest BCUT2D eigenvalue weighted by Gasteiger charge is -2.29. The number of aromatic carboxylic acids is 1. The number of hydrogen-bond acceptors (Lipinski definition) is 6. The Morgan fingerprint density at radius 1 is 1.26 bits per heavy atom. The van der Waals surface area contributed by atoms with Gasteiger partial charge in [0.25, 0.3) is 11.8 Å². The number of nitrogens with zero attached hydrogens (tertiary/aromatic N) is 1. The second-order valence-corrected chi connectivity index (χ2v) is 7.07. The first-order valence-electron chi connectivity index (χ1n) is 9.02. The number of rotatable bonds is 6. The molecule has 0 aliphatic carbocycles. The second kappa shape index (κ2) is 9.15. The molecule has 0 spiro atoms. The Balaban J connectivity index is 2.01. The van der Waals surface area contributed by atoms with Gasteiger partial charge in [-0.25, -0.2) is 4.79 Å². The van der Waals surface area contributed by atoms with Crippen molar-refractivity contribution in [2.45, 2.75) is 6.92 Å². The predicted molar refractivity (Wildman–Crippen MR) is 119 cm³/mol. The lowest BCUT2D eigenvalue weighted by molar-refractivity contribution is -0.122. The fourth-order valence-electron chi connectivity index (χ4n) is 2.92. The van der Waals surface area contributed by atoms with E-state index in [2.05, 4.69) is 5.32 Å². The first-order chi connectivity index (χ1) is 14.8. The van der Waals surface area contributed by atoms with Crippen LogP contribution in [0.5, 0.6) is 11.5 Å². The molecule has 10 heteroatoms. The molecule has 31 heavy (non-hydrogen) atoms. The van der Waals surface area contributed by atoms with E-state index in [1.807, 2.05) is 0 Å². The quantitative estimate of drug-likeness (QED) is 0.387. The second-order valence-electron chi connectivity index (χ2n) is 6.28. The smallest absolute Gasteiger partial charge is 0.335 e. The van der Waals surface area contributed by atoms with Gasteiger partial charge in [0.05, 0.1) is 30.0 Å². The van der Waals surface area contributed by atoms with Crippen LogP contribution in [0.1, 0.15) is 22.8 Å². The summed E-state index contributed by atoms with van der Waals surface area (Å²) in [6.45, 7) is 2.18. The number of hydrogen-bond donors (Lipinski definition) is 2. The third-order valence-electron chi connectivity index (χ3n) is 4.33. The van der Waals surface area contributed by atoms with Gasteiger partial charge >= 0.3 is 5.97 Å². The molecular formula is C21H17ClN2O6S. The van der Waals surface area contributed by atoms with Gasteiger partial charge in [0.15, 0.2) is 16.6 Å². The number of carboxylic acid groups (broad SMARTS) is 1. The maximum absolute atomic E-state index is 13.1. The SMILES string of the molecule is CCOc1c(Cl)cc(/C=C2\C(=O)NC(=S)N(c3ccc(C(=O)O)cc3)C2=O)cc1OC. The van der Waals surface area contributed by atoms with Crippen LogP contribution in [-0.2, 0) is 9.59 Å². The maximum Gasteiger partial charge on any atom is 0.335 e. The molecule has 2 aromatic carbocycles. The van der Waals surface area contributed by atoms with Crippen molar-refractivity contribution in [3.8, 4) is 11.5 Å². The molecule has 0 unspecified atom stereocenters.